The number of para-hydroxylation sites is 1. The minimum Gasteiger partial charge on any atom is -0.342 e. The number of sulfonamides is 1. The summed E-state index contributed by atoms with van der Waals surface area (Å²) in [7, 11) is -3.95. The molecule has 7 nitrogen and oxygen atoms in total. The summed E-state index contributed by atoms with van der Waals surface area (Å²) in [5.74, 6) is -0.476. The average molecular weight is 460 g/mol. The molecule has 0 aliphatic heterocycles. The number of hydrogen-bond donors (Lipinski definition) is 2. The van der Waals surface area contributed by atoms with E-state index in [1.807, 2.05) is 30.3 Å². The minimum absolute atomic E-state index is 0.0411. The van der Waals surface area contributed by atoms with Gasteiger partial charge in [0.2, 0.25) is 0 Å². The molecule has 4 aromatic rings. The minimum atomic E-state index is -3.95. The highest BCUT2D eigenvalue weighted by molar-refractivity contribution is 7.93. The number of anilines is 1. The molecule has 0 saturated heterocycles. The molecule has 0 spiro atoms. The molecular formula is C25H21N3O4S. The first-order chi connectivity index (χ1) is 16.0. The van der Waals surface area contributed by atoms with Crippen molar-refractivity contribution in [1.29, 1.82) is 0 Å². The van der Waals surface area contributed by atoms with Crippen molar-refractivity contribution >= 4 is 38.8 Å². The summed E-state index contributed by atoms with van der Waals surface area (Å²) in [5, 5.41) is 3.38. The third kappa shape index (κ3) is 5.24. The number of rotatable bonds is 8. The topological polar surface area (TPSA) is 105 Å². The van der Waals surface area contributed by atoms with Gasteiger partial charge in [-0.15, -0.1) is 0 Å². The van der Waals surface area contributed by atoms with Crippen LogP contribution in [0.4, 0.5) is 5.69 Å². The van der Waals surface area contributed by atoms with E-state index in [4.69, 9.17) is 0 Å². The van der Waals surface area contributed by atoms with Crippen LogP contribution in [0.15, 0.2) is 96.0 Å². The molecule has 0 unspecified atom stereocenters. The Morgan fingerprint density at radius 1 is 0.939 bits per heavy atom. The highest BCUT2D eigenvalue weighted by Crippen LogP contribution is 2.23. The number of carbonyl (C=O) groups excluding carboxylic acids is 2. The number of hydrogen-bond acceptors (Lipinski definition) is 5. The van der Waals surface area contributed by atoms with E-state index in [0.29, 0.717) is 23.6 Å². The van der Waals surface area contributed by atoms with Crippen molar-refractivity contribution in [3.63, 3.8) is 0 Å². The number of nitrogens with zero attached hydrogens (tertiary/aromatic N) is 1. The summed E-state index contributed by atoms with van der Waals surface area (Å²) in [6.45, 7) is 0. The summed E-state index contributed by atoms with van der Waals surface area (Å²) >= 11 is 0. The molecule has 8 heteroatoms. The Kier molecular flexibility index (Phi) is 6.46. The molecule has 0 radical (unpaired) electrons. The highest BCUT2D eigenvalue weighted by atomic mass is 32.2. The lowest BCUT2D eigenvalue weighted by atomic mass is 10.1. The Balaban J connectivity index is 1.52. The molecule has 1 aromatic heterocycles. The van der Waals surface area contributed by atoms with E-state index in [1.54, 1.807) is 42.5 Å². The zero-order valence-electron chi connectivity index (χ0n) is 17.5. The molecule has 33 heavy (non-hydrogen) atoms. The van der Waals surface area contributed by atoms with Crippen LogP contribution in [0, 0.1) is 0 Å². The van der Waals surface area contributed by atoms with Crippen molar-refractivity contribution in [1.82, 2.24) is 10.3 Å². The third-order valence-electron chi connectivity index (χ3n) is 5.04. The molecule has 3 aromatic carbocycles. The van der Waals surface area contributed by atoms with Crippen LogP contribution < -0.4 is 10.0 Å². The van der Waals surface area contributed by atoms with E-state index < -0.39 is 22.0 Å². The normalized spacial score (nSPS) is 12.1. The Morgan fingerprint density at radius 3 is 2.48 bits per heavy atom. The van der Waals surface area contributed by atoms with Crippen molar-refractivity contribution in [2.24, 2.45) is 0 Å². The van der Waals surface area contributed by atoms with Gasteiger partial charge in [-0.3, -0.25) is 14.5 Å². The summed E-state index contributed by atoms with van der Waals surface area (Å²) in [4.78, 5) is 28.4. The van der Waals surface area contributed by atoms with Crippen LogP contribution in [0.5, 0.6) is 0 Å². The fourth-order valence-corrected chi connectivity index (χ4v) is 4.71. The lowest BCUT2D eigenvalue weighted by Crippen LogP contribution is -2.37. The summed E-state index contributed by atoms with van der Waals surface area (Å²) in [6.07, 6.45) is 2.58. The van der Waals surface area contributed by atoms with Crippen LogP contribution in [0.3, 0.4) is 0 Å². The average Bonchev–Trinajstić information content (AvgIpc) is 2.83. The Morgan fingerprint density at radius 2 is 1.70 bits per heavy atom. The van der Waals surface area contributed by atoms with Gasteiger partial charge in [-0.25, -0.2) is 8.42 Å². The number of nitrogens with one attached hydrogen (secondary N) is 2. The molecule has 0 saturated carbocycles. The maximum atomic E-state index is 13.0. The number of carbonyl (C=O) groups is 2. The maximum absolute atomic E-state index is 13.0. The summed E-state index contributed by atoms with van der Waals surface area (Å²) in [6, 6.07) is 23.2. The maximum Gasteiger partial charge on any atom is 0.264 e. The van der Waals surface area contributed by atoms with Crippen LogP contribution in [-0.4, -0.2) is 31.6 Å². The molecular weight excluding hydrogens is 438 g/mol. The molecule has 0 bridgehead atoms. The molecule has 0 aliphatic rings. The van der Waals surface area contributed by atoms with Crippen LogP contribution in [0.2, 0.25) is 0 Å². The monoisotopic (exact) mass is 459 g/mol. The van der Waals surface area contributed by atoms with Crippen LogP contribution in [0.25, 0.3) is 10.9 Å². The number of aldehydes is 1. The van der Waals surface area contributed by atoms with Crippen LogP contribution >= 0.6 is 0 Å². The standard InChI is InChI=1S/C25H21N3O4S/c29-17-22(15-18-7-2-1-3-8-18)27-25(30)20-10-4-12-21(16-20)28-33(31,32)23-13-5-9-19-11-6-14-26-24(19)23/h1-14,16-17,22,28H,15H2,(H,27,30)/t22-/m0/s1. The number of fused-ring (bicyclic) bond motifs is 1. The first-order valence-corrected chi connectivity index (χ1v) is 11.7. The molecule has 2 N–H and O–H groups in total. The fraction of sp³-hybridized carbons (Fsp3) is 0.0800. The lowest BCUT2D eigenvalue weighted by molar-refractivity contribution is -0.109. The van der Waals surface area contributed by atoms with Crippen molar-refractivity contribution in [3.8, 4) is 0 Å². The lowest BCUT2D eigenvalue weighted by Gasteiger charge is -2.14. The van der Waals surface area contributed by atoms with Crippen molar-refractivity contribution < 1.29 is 18.0 Å². The van der Waals surface area contributed by atoms with Gasteiger partial charge in [0.15, 0.2) is 0 Å². The van der Waals surface area contributed by atoms with E-state index in [-0.39, 0.29) is 16.1 Å². The molecule has 1 heterocycles. The summed E-state index contributed by atoms with van der Waals surface area (Å²) in [5.41, 5.74) is 1.73. The van der Waals surface area contributed by atoms with Crippen molar-refractivity contribution in [3.05, 3.63) is 102 Å². The second kappa shape index (κ2) is 9.62. The molecule has 1 atom stereocenters. The van der Waals surface area contributed by atoms with Gasteiger partial charge in [0.25, 0.3) is 15.9 Å². The molecule has 1 amide bonds. The molecule has 0 fully saturated rings. The SMILES string of the molecule is O=C[C@H](Cc1ccccc1)NC(=O)c1cccc(NS(=O)(=O)c2cccc3cccnc23)c1. The molecule has 4 rings (SSSR count). The number of amides is 1. The Hall–Kier alpha value is -4.04. The predicted molar refractivity (Wildman–Crippen MR) is 126 cm³/mol. The van der Waals surface area contributed by atoms with E-state index >= 15 is 0 Å². The Bertz CT molecular complexity index is 1400. The fourth-order valence-electron chi connectivity index (χ4n) is 3.48. The quantitative estimate of drug-likeness (QED) is 0.392. The largest absolute Gasteiger partial charge is 0.342 e. The smallest absolute Gasteiger partial charge is 0.264 e. The Labute approximate surface area is 191 Å². The number of aromatic nitrogens is 1. The van der Waals surface area contributed by atoms with E-state index in [1.165, 1.54) is 18.3 Å². The van der Waals surface area contributed by atoms with Crippen LogP contribution in [0.1, 0.15) is 15.9 Å². The van der Waals surface area contributed by atoms with Gasteiger partial charge in [0, 0.05) is 22.8 Å². The van der Waals surface area contributed by atoms with Gasteiger partial charge in [-0.1, -0.05) is 54.6 Å². The van der Waals surface area contributed by atoms with Gasteiger partial charge in [-0.05, 0) is 42.3 Å². The predicted octanol–water partition coefficient (Wildman–Crippen LogP) is 3.58. The van der Waals surface area contributed by atoms with E-state index in [2.05, 4.69) is 15.0 Å². The highest BCUT2D eigenvalue weighted by Gasteiger charge is 2.19. The second-order valence-electron chi connectivity index (χ2n) is 7.42. The van der Waals surface area contributed by atoms with E-state index in [9.17, 15) is 18.0 Å². The number of pyridine rings is 1. The van der Waals surface area contributed by atoms with Gasteiger partial charge in [-0.2, -0.15) is 0 Å². The zero-order chi connectivity index (χ0) is 23.3. The second-order valence-corrected chi connectivity index (χ2v) is 9.07. The van der Waals surface area contributed by atoms with Crippen molar-refractivity contribution in [2.75, 3.05) is 4.72 Å². The van der Waals surface area contributed by atoms with Crippen molar-refractivity contribution in [2.45, 2.75) is 17.4 Å². The van der Waals surface area contributed by atoms with Crippen LogP contribution in [-0.2, 0) is 21.2 Å². The van der Waals surface area contributed by atoms with E-state index in [0.717, 1.165) is 5.56 Å². The van der Waals surface area contributed by atoms with Gasteiger partial charge >= 0.3 is 0 Å². The molecule has 166 valence electrons. The zero-order valence-corrected chi connectivity index (χ0v) is 18.3. The first-order valence-electron chi connectivity index (χ1n) is 10.2. The number of benzene rings is 3. The summed E-state index contributed by atoms with van der Waals surface area (Å²) < 4.78 is 28.6. The third-order valence-corrected chi connectivity index (χ3v) is 6.45. The van der Waals surface area contributed by atoms with Gasteiger partial charge < -0.3 is 10.1 Å². The van der Waals surface area contributed by atoms with Gasteiger partial charge in [0.1, 0.15) is 11.2 Å². The first kappa shape index (κ1) is 22.2. The molecule has 0 aliphatic carbocycles. The van der Waals surface area contributed by atoms with Gasteiger partial charge in [0.05, 0.1) is 11.6 Å².